The van der Waals surface area contributed by atoms with Gasteiger partial charge in [-0.1, -0.05) is 12.1 Å². The van der Waals surface area contributed by atoms with Gasteiger partial charge in [-0.25, -0.2) is 9.97 Å². The van der Waals surface area contributed by atoms with E-state index < -0.39 is 0 Å². The molecule has 0 aliphatic rings. The quantitative estimate of drug-likeness (QED) is 0.832. The fraction of sp³-hybridized carbons (Fsp3) is 0.0833. The van der Waals surface area contributed by atoms with E-state index in [9.17, 15) is 0 Å². The zero-order valence-electron chi connectivity index (χ0n) is 9.09. The van der Waals surface area contributed by atoms with Crippen LogP contribution >= 0.6 is 0 Å². The average molecular weight is 225 g/mol. The molecule has 0 saturated carbocycles. The number of rotatable bonds is 3. The fourth-order valence-corrected chi connectivity index (χ4v) is 1.33. The molecule has 1 aromatic carbocycles. The van der Waals surface area contributed by atoms with Crippen LogP contribution in [0.3, 0.4) is 0 Å². The molecule has 0 spiro atoms. The van der Waals surface area contributed by atoms with E-state index in [1.807, 2.05) is 24.3 Å². The summed E-state index contributed by atoms with van der Waals surface area (Å²) in [4.78, 5) is 8.07. The molecule has 0 bridgehead atoms. The van der Waals surface area contributed by atoms with Crippen molar-refractivity contribution in [3.63, 3.8) is 0 Å². The summed E-state index contributed by atoms with van der Waals surface area (Å²) >= 11 is 0. The van der Waals surface area contributed by atoms with E-state index in [1.165, 1.54) is 0 Å². The maximum atomic E-state index is 8.55. The number of benzene rings is 1. The van der Waals surface area contributed by atoms with E-state index in [0.29, 0.717) is 18.1 Å². The zero-order valence-corrected chi connectivity index (χ0v) is 9.09. The lowest BCUT2D eigenvalue weighted by Crippen LogP contribution is -1.98. The first kappa shape index (κ1) is 10.9. The Morgan fingerprint density at radius 1 is 1.18 bits per heavy atom. The van der Waals surface area contributed by atoms with Crippen LogP contribution in [-0.4, -0.2) is 9.97 Å². The summed E-state index contributed by atoms with van der Waals surface area (Å²) in [7, 11) is 0. The Morgan fingerprint density at radius 3 is 2.41 bits per heavy atom. The lowest BCUT2D eigenvalue weighted by molar-refractivity contribution is 1.17. The monoisotopic (exact) mass is 225 g/mol. The Morgan fingerprint density at radius 2 is 1.82 bits per heavy atom. The van der Waals surface area contributed by atoms with Crippen molar-refractivity contribution in [3.05, 3.63) is 42.2 Å². The number of aromatic nitrogens is 2. The van der Waals surface area contributed by atoms with Gasteiger partial charge in [-0.05, 0) is 17.7 Å². The van der Waals surface area contributed by atoms with Crippen molar-refractivity contribution in [1.82, 2.24) is 9.97 Å². The molecule has 84 valence electrons. The van der Waals surface area contributed by atoms with Gasteiger partial charge in [-0.2, -0.15) is 5.26 Å². The van der Waals surface area contributed by atoms with Crippen molar-refractivity contribution < 1.29 is 0 Å². The third kappa shape index (κ3) is 2.92. The van der Waals surface area contributed by atoms with Gasteiger partial charge in [0.05, 0.1) is 30.6 Å². The van der Waals surface area contributed by atoms with Gasteiger partial charge < -0.3 is 11.1 Å². The number of hydrogen-bond donors (Lipinski definition) is 2. The van der Waals surface area contributed by atoms with Crippen LogP contribution in [0.2, 0.25) is 0 Å². The molecule has 0 radical (unpaired) electrons. The van der Waals surface area contributed by atoms with Crippen LogP contribution in [0.4, 0.5) is 17.3 Å². The smallest absolute Gasteiger partial charge is 0.227 e. The van der Waals surface area contributed by atoms with Crippen LogP contribution in [0.5, 0.6) is 0 Å². The minimum atomic E-state index is 0.415. The third-order valence-corrected chi connectivity index (χ3v) is 2.17. The summed E-state index contributed by atoms with van der Waals surface area (Å²) in [5.74, 6) is 0.493. The molecule has 2 aromatic rings. The van der Waals surface area contributed by atoms with Gasteiger partial charge in [0, 0.05) is 5.69 Å². The highest BCUT2D eigenvalue weighted by molar-refractivity contribution is 5.54. The molecular weight excluding hydrogens is 214 g/mol. The van der Waals surface area contributed by atoms with Crippen LogP contribution in [0, 0.1) is 11.3 Å². The van der Waals surface area contributed by atoms with E-state index in [4.69, 9.17) is 11.0 Å². The summed E-state index contributed by atoms with van der Waals surface area (Å²) in [6, 6.07) is 9.65. The van der Waals surface area contributed by atoms with Crippen molar-refractivity contribution in [1.29, 1.82) is 5.26 Å². The molecule has 0 saturated heterocycles. The summed E-state index contributed by atoms with van der Waals surface area (Å²) in [5, 5.41) is 11.6. The van der Waals surface area contributed by atoms with Crippen LogP contribution in [0.25, 0.3) is 0 Å². The molecule has 0 amide bonds. The number of nitrogens with zero attached hydrogens (tertiary/aromatic N) is 3. The summed E-state index contributed by atoms with van der Waals surface area (Å²) in [6.45, 7) is 0. The van der Waals surface area contributed by atoms with Crippen molar-refractivity contribution in [2.45, 2.75) is 6.42 Å². The maximum Gasteiger partial charge on any atom is 0.227 e. The second kappa shape index (κ2) is 4.94. The zero-order chi connectivity index (χ0) is 12.1. The van der Waals surface area contributed by atoms with Gasteiger partial charge in [-0.3, -0.25) is 0 Å². The highest BCUT2D eigenvalue weighted by Gasteiger charge is 1.97. The molecule has 0 aliphatic heterocycles. The number of nitrogens with one attached hydrogen (secondary N) is 1. The summed E-state index contributed by atoms with van der Waals surface area (Å²) in [5.41, 5.74) is 7.87. The lowest BCUT2D eigenvalue weighted by atomic mass is 10.1. The molecule has 2 rings (SSSR count). The lowest BCUT2D eigenvalue weighted by Gasteiger charge is -2.04. The molecule has 0 unspecified atom stereocenters. The van der Waals surface area contributed by atoms with Gasteiger partial charge in [0.1, 0.15) is 0 Å². The molecule has 1 aromatic heterocycles. The van der Waals surface area contributed by atoms with Gasteiger partial charge in [0.15, 0.2) is 0 Å². The van der Waals surface area contributed by atoms with Crippen molar-refractivity contribution in [2.75, 3.05) is 11.1 Å². The first-order valence-corrected chi connectivity index (χ1v) is 5.08. The normalized spacial score (nSPS) is 9.59. The highest BCUT2D eigenvalue weighted by atomic mass is 15.1. The topological polar surface area (TPSA) is 87.6 Å². The molecule has 5 heteroatoms. The largest absolute Gasteiger partial charge is 0.396 e. The van der Waals surface area contributed by atoms with E-state index in [1.54, 1.807) is 12.4 Å². The molecule has 0 fully saturated rings. The van der Waals surface area contributed by atoms with Crippen LogP contribution in [0.1, 0.15) is 5.56 Å². The molecular formula is C12H11N5. The Balaban J connectivity index is 2.09. The second-order valence-electron chi connectivity index (χ2n) is 3.50. The van der Waals surface area contributed by atoms with E-state index in [0.717, 1.165) is 11.3 Å². The van der Waals surface area contributed by atoms with Gasteiger partial charge >= 0.3 is 0 Å². The van der Waals surface area contributed by atoms with E-state index in [2.05, 4.69) is 21.4 Å². The number of nitrogen functional groups attached to an aromatic ring is 1. The molecule has 1 heterocycles. The van der Waals surface area contributed by atoms with Crippen molar-refractivity contribution >= 4 is 17.3 Å². The Bertz CT molecular complexity index is 524. The minimum Gasteiger partial charge on any atom is -0.396 e. The molecule has 3 N–H and O–H groups in total. The van der Waals surface area contributed by atoms with Gasteiger partial charge in [0.25, 0.3) is 0 Å². The third-order valence-electron chi connectivity index (χ3n) is 2.17. The number of anilines is 3. The van der Waals surface area contributed by atoms with Crippen molar-refractivity contribution in [2.24, 2.45) is 0 Å². The number of hydrogen-bond acceptors (Lipinski definition) is 5. The van der Waals surface area contributed by atoms with Gasteiger partial charge in [-0.15, -0.1) is 0 Å². The Hall–Kier alpha value is -2.61. The fourth-order valence-electron chi connectivity index (χ4n) is 1.33. The average Bonchev–Trinajstić information content (AvgIpc) is 2.35. The SMILES string of the molecule is N#CCc1ccc(Nc2ncc(N)cn2)cc1. The molecule has 17 heavy (non-hydrogen) atoms. The predicted octanol–water partition coefficient (Wildman–Crippen LogP) is 1.87. The first-order chi connectivity index (χ1) is 8.28. The maximum absolute atomic E-state index is 8.55. The molecule has 0 aliphatic carbocycles. The van der Waals surface area contributed by atoms with E-state index >= 15 is 0 Å². The number of nitriles is 1. The highest BCUT2D eigenvalue weighted by Crippen LogP contribution is 2.14. The Kier molecular flexibility index (Phi) is 3.17. The minimum absolute atomic E-state index is 0.415. The number of nitrogens with two attached hydrogens (primary N) is 1. The standard InChI is InChI=1S/C12H11N5/c13-6-5-9-1-3-11(4-2-9)17-12-15-7-10(14)8-16-12/h1-4,7-8H,5,14H2,(H,15,16,17). The van der Waals surface area contributed by atoms with Crippen LogP contribution < -0.4 is 11.1 Å². The predicted molar refractivity (Wildman–Crippen MR) is 65.5 cm³/mol. The summed E-state index contributed by atoms with van der Waals surface area (Å²) in [6.07, 6.45) is 3.50. The van der Waals surface area contributed by atoms with E-state index in [-0.39, 0.29) is 0 Å². The second-order valence-corrected chi connectivity index (χ2v) is 3.50. The summed E-state index contributed by atoms with van der Waals surface area (Å²) < 4.78 is 0. The first-order valence-electron chi connectivity index (χ1n) is 5.08. The van der Waals surface area contributed by atoms with Gasteiger partial charge in [0.2, 0.25) is 5.95 Å². The van der Waals surface area contributed by atoms with Crippen molar-refractivity contribution in [3.8, 4) is 6.07 Å². The molecule has 5 nitrogen and oxygen atoms in total. The molecule has 0 atom stereocenters. The van der Waals surface area contributed by atoms with Crippen LogP contribution in [-0.2, 0) is 6.42 Å². The Labute approximate surface area is 98.9 Å². The van der Waals surface area contributed by atoms with Crippen LogP contribution in [0.15, 0.2) is 36.7 Å².